The zero-order valence-electron chi connectivity index (χ0n) is 12.4. The predicted octanol–water partition coefficient (Wildman–Crippen LogP) is 3.07. The molecule has 5 heteroatoms. The van der Waals surface area contributed by atoms with Crippen LogP contribution in [0.1, 0.15) is 38.5 Å². The average Bonchev–Trinajstić information content (AvgIpc) is 2.50. The molecule has 1 aliphatic rings. The number of rotatable bonds is 5. The van der Waals surface area contributed by atoms with Gasteiger partial charge in [-0.05, 0) is 24.5 Å². The van der Waals surface area contributed by atoms with Gasteiger partial charge in [-0.25, -0.2) is 4.39 Å². The molecule has 0 aliphatic heterocycles. The molecular weight excluding hydrogens is 271 g/mol. The summed E-state index contributed by atoms with van der Waals surface area (Å²) in [4.78, 5) is 12.1. The van der Waals surface area contributed by atoms with Crippen molar-refractivity contribution < 1.29 is 13.9 Å². The topological polar surface area (TPSA) is 64.3 Å². The van der Waals surface area contributed by atoms with E-state index in [9.17, 15) is 9.18 Å². The van der Waals surface area contributed by atoms with E-state index in [1.807, 2.05) is 0 Å². The number of hydrogen-bond acceptors (Lipinski definition) is 3. The monoisotopic (exact) mass is 294 g/mol. The van der Waals surface area contributed by atoms with E-state index in [1.165, 1.54) is 44.6 Å². The van der Waals surface area contributed by atoms with Crippen LogP contribution in [0.15, 0.2) is 18.2 Å². The molecule has 1 amide bonds. The second-order valence-corrected chi connectivity index (χ2v) is 5.68. The molecule has 21 heavy (non-hydrogen) atoms. The summed E-state index contributed by atoms with van der Waals surface area (Å²) in [6.45, 7) is 0. The summed E-state index contributed by atoms with van der Waals surface area (Å²) in [5.41, 5.74) is 6.48. The Morgan fingerprint density at radius 3 is 2.81 bits per heavy atom. The molecule has 1 saturated carbocycles. The summed E-state index contributed by atoms with van der Waals surface area (Å²) in [7, 11) is 1.39. The second-order valence-electron chi connectivity index (χ2n) is 5.68. The first kappa shape index (κ1) is 15.8. The standard InChI is InChI=1S/C16H23FN2O2/c1-21-15-10-12(7-8-13(15)17)19-16(20)14(18)9-11-5-3-2-4-6-11/h7-8,10-11,14H,2-6,9,18H2,1H3,(H,19,20). The van der Waals surface area contributed by atoms with E-state index in [0.717, 1.165) is 12.8 Å². The molecule has 0 spiro atoms. The zero-order valence-corrected chi connectivity index (χ0v) is 12.4. The van der Waals surface area contributed by atoms with E-state index < -0.39 is 11.9 Å². The van der Waals surface area contributed by atoms with E-state index in [-0.39, 0.29) is 11.7 Å². The summed E-state index contributed by atoms with van der Waals surface area (Å²) < 4.78 is 18.2. The van der Waals surface area contributed by atoms with Crippen molar-refractivity contribution in [1.29, 1.82) is 0 Å². The summed E-state index contributed by atoms with van der Waals surface area (Å²) >= 11 is 0. The molecule has 3 N–H and O–H groups in total. The van der Waals surface area contributed by atoms with Crippen molar-refractivity contribution in [2.45, 2.75) is 44.6 Å². The summed E-state index contributed by atoms with van der Waals surface area (Å²) in [5, 5.41) is 2.72. The average molecular weight is 294 g/mol. The summed E-state index contributed by atoms with van der Waals surface area (Å²) in [5.74, 6) is -0.0351. The van der Waals surface area contributed by atoms with Gasteiger partial charge in [0.25, 0.3) is 0 Å². The molecule has 0 radical (unpaired) electrons. The number of carbonyl (C=O) groups is 1. The second kappa shape index (κ2) is 7.41. The Kier molecular flexibility index (Phi) is 5.56. The van der Waals surface area contributed by atoms with Gasteiger partial charge in [-0.3, -0.25) is 4.79 Å². The van der Waals surface area contributed by atoms with E-state index in [4.69, 9.17) is 10.5 Å². The number of benzene rings is 1. The smallest absolute Gasteiger partial charge is 0.241 e. The Hall–Kier alpha value is -1.62. The molecular formula is C16H23FN2O2. The minimum Gasteiger partial charge on any atom is -0.494 e. The van der Waals surface area contributed by atoms with Crippen LogP contribution in [-0.2, 0) is 4.79 Å². The molecule has 1 aromatic rings. The highest BCUT2D eigenvalue weighted by atomic mass is 19.1. The van der Waals surface area contributed by atoms with Crippen LogP contribution in [0.25, 0.3) is 0 Å². The number of ether oxygens (including phenoxy) is 1. The largest absolute Gasteiger partial charge is 0.494 e. The summed E-state index contributed by atoms with van der Waals surface area (Å²) in [6.07, 6.45) is 6.77. The van der Waals surface area contributed by atoms with Crippen LogP contribution >= 0.6 is 0 Å². The maximum Gasteiger partial charge on any atom is 0.241 e. The molecule has 1 aliphatic carbocycles. The van der Waals surface area contributed by atoms with Crippen molar-refractivity contribution in [3.05, 3.63) is 24.0 Å². The SMILES string of the molecule is COc1cc(NC(=O)C(N)CC2CCCCC2)ccc1F. The van der Waals surface area contributed by atoms with E-state index in [1.54, 1.807) is 0 Å². The van der Waals surface area contributed by atoms with Crippen molar-refractivity contribution in [2.24, 2.45) is 11.7 Å². The third-order valence-electron chi connectivity index (χ3n) is 4.07. The number of halogens is 1. The number of nitrogens with one attached hydrogen (secondary N) is 1. The molecule has 2 rings (SSSR count). The molecule has 4 nitrogen and oxygen atoms in total. The lowest BCUT2D eigenvalue weighted by atomic mass is 9.85. The van der Waals surface area contributed by atoms with Crippen molar-refractivity contribution in [1.82, 2.24) is 0 Å². The van der Waals surface area contributed by atoms with Gasteiger partial charge in [-0.1, -0.05) is 32.1 Å². The Balaban J connectivity index is 1.90. The van der Waals surface area contributed by atoms with Gasteiger partial charge in [0.15, 0.2) is 11.6 Å². The number of anilines is 1. The van der Waals surface area contributed by atoms with Crippen molar-refractivity contribution >= 4 is 11.6 Å². The fourth-order valence-corrected chi connectivity index (χ4v) is 2.86. The predicted molar refractivity (Wildman–Crippen MR) is 80.7 cm³/mol. The fraction of sp³-hybridized carbons (Fsp3) is 0.562. The van der Waals surface area contributed by atoms with Gasteiger partial charge in [0.1, 0.15) is 0 Å². The van der Waals surface area contributed by atoms with Crippen molar-refractivity contribution in [3.63, 3.8) is 0 Å². The Morgan fingerprint density at radius 1 is 1.43 bits per heavy atom. The van der Waals surface area contributed by atoms with Crippen LogP contribution in [0.4, 0.5) is 10.1 Å². The first-order valence-corrected chi connectivity index (χ1v) is 7.50. The third kappa shape index (κ3) is 4.43. The molecule has 1 atom stereocenters. The van der Waals surface area contributed by atoms with Crippen LogP contribution in [0, 0.1) is 11.7 Å². The Morgan fingerprint density at radius 2 is 2.14 bits per heavy atom. The maximum absolute atomic E-state index is 13.3. The third-order valence-corrected chi connectivity index (χ3v) is 4.07. The molecule has 1 fully saturated rings. The quantitative estimate of drug-likeness (QED) is 0.877. The van der Waals surface area contributed by atoms with Crippen molar-refractivity contribution in [3.8, 4) is 5.75 Å². The van der Waals surface area contributed by atoms with Gasteiger partial charge in [-0.15, -0.1) is 0 Å². The zero-order chi connectivity index (χ0) is 15.2. The normalized spacial score (nSPS) is 17.3. The molecule has 0 bridgehead atoms. The van der Waals surface area contributed by atoms with Gasteiger partial charge < -0.3 is 15.8 Å². The summed E-state index contributed by atoms with van der Waals surface area (Å²) in [6, 6.07) is 3.70. The van der Waals surface area contributed by atoms with Gasteiger partial charge in [0.2, 0.25) is 5.91 Å². The van der Waals surface area contributed by atoms with Gasteiger partial charge >= 0.3 is 0 Å². The number of carbonyl (C=O) groups excluding carboxylic acids is 1. The van der Waals surface area contributed by atoms with Crippen molar-refractivity contribution in [2.75, 3.05) is 12.4 Å². The van der Waals surface area contributed by atoms with Gasteiger partial charge in [-0.2, -0.15) is 0 Å². The number of hydrogen-bond donors (Lipinski definition) is 2. The lowest BCUT2D eigenvalue weighted by Crippen LogP contribution is -2.37. The number of methoxy groups -OCH3 is 1. The molecule has 0 saturated heterocycles. The highest BCUT2D eigenvalue weighted by Crippen LogP contribution is 2.27. The minimum atomic E-state index is -0.524. The first-order valence-electron chi connectivity index (χ1n) is 7.50. The number of nitrogens with two attached hydrogens (primary N) is 1. The van der Waals surface area contributed by atoms with E-state index in [2.05, 4.69) is 5.32 Å². The Bertz CT molecular complexity index is 487. The lowest BCUT2D eigenvalue weighted by Gasteiger charge is -2.24. The molecule has 0 aromatic heterocycles. The van der Waals surface area contributed by atoms with Crippen LogP contribution in [0.3, 0.4) is 0 Å². The van der Waals surface area contributed by atoms with E-state index >= 15 is 0 Å². The number of amides is 1. The van der Waals surface area contributed by atoms with Crippen LogP contribution < -0.4 is 15.8 Å². The van der Waals surface area contributed by atoms with Crippen LogP contribution in [-0.4, -0.2) is 19.1 Å². The van der Waals surface area contributed by atoms with Gasteiger partial charge in [0, 0.05) is 11.8 Å². The van der Waals surface area contributed by atoms with E-state index in [0.29, 0.717) is 18.0 Å². The van der Waals surface area contributed by atoms with Crippen LogP contribution in [0.5, 0.6) is 5.75 Å². The molecule has 0 heterocycles. The van der Waals surface area contributed by atoms with Gasteiger partial charge in [0.05, 0.1) is 13.2 Å². The van der Waals surface area contributed by atoms with Crippen LogP contribution in [0.2, 0.25) is 0 Å². The minimum absolute atomic E-state index is 0.105. The lowest BCUT2D eigenvalue weighted by molar-refractivity contribution is -0.117. The highest BCUT2D eigenvalue weighted by molar-refractivity contribution is 5.94. The Labute approximate surface area is 124 Å². The highest BCUT2D eigenvalue weighted by Gasteiger charge is 2.21. The molecule has 1 unspecified atom stereocenters. The maximum atomic E-state index is 13.3. The molecule has 1 aromatic carbocycles. The molecule has 116 valence electrons. The fourth-order valence-electron chi connectivity index (χ4n) is 2.86. The first-order chi connectivity index (χ1) is 10.1.